The largest absolute Gasteiger partial charge is 0.508 e. The first-order valence-corrected chi connectivity index (χ1v) is 12.0. The Hall–Kier alpha value is -3.14. The highest BCUT2D eigenvalue weighted by Gasteiger charge is 2.35. The van der Waals surface area contributed by atoms with Gasteiger partial charge in [0.25, 0.3) is 0 Å². The third-order valence-electron chi connectivity index (χ3n) is 6.33. The van der Waals surface area contributed by atoms with E-state index in [1.54, 1.807) is 17.4 Å². The second kappa shape index (κ2) is 9.38. The molecule has 0 amide bonds. The Kier molecular flexibility index (Phi) is 6.17. The van der Waals surface area contributed by atoms with E-state index in [9.17, 15) is 5.11 Å². The summed E-state index contributed by atoms with van der Waals surface area (Å²) in [5, 5.41) is 27.7. The van der Waals surface area contributed by atoms with Crippen molar-refractivity contribution in [3.8, 4) is 17.1 Å². The van der Waals surface area contributed by atoms with Crippen LogP contribution < -0.4 is 0 Å². The van der Waals surface area contributed by atoms with Gasteiger partial charge in [-0.25, -0.2) is 4.98 Å². The summed E-state index contributed by atoms with van der Waals surface area (Å²) < 4.78 is 0. The topological polar surface area (TPSA) is 94.1 Å². The quantitative estimate of drug-likeness (QED) is 0.452. The number of aromatic amines is 1. The molecule has 0 unspecified atom stereocenters. The lowest BCUT2D eigenvalue weighted by molar-refractivity contribution is 0.0195. The van der Waals surface area contributed by atoms with Crippen molar-refractivity contribution in [1.82, 2.24) is 35.4 Å². The summed E-state index contributed by atoms with van der Waals surface area (Å²) in [5.74, 6) is 0.859. The SMILES string of the molecule is C[C@@H]1CN([C@H](c2ccc(-c3nn[nH]n3)cc2)c2cccc(O)c2)[C@@H](C)CN1Cc1nccs1. The molecule has 0 radical (unpaired) electrons. The average Bonchev–Trinajstić information content (AvgIpc) is 3.52. The molecule has 0 spiro atoms. The molecular weight excluding hydrogens is 434 g/mol. The first kappa shape index (κ1) is 21.7. The van der Waals surface area contributed by atoms with E-state index in [1.165, 1.54) is 5.56 Å². The van der Waals surface area contributed by atoms with Crippen molar-refractivity contribution in [2.45, 2.75) is 38.5 Å². The number of hydrogen-bond acceptors (Lipinski definition) is 8. The van der Waals surface area contributed by atoms with E-state index in [-0.39, 0.29) is 11.8 Å². The van der Waals surface area contributed by atoms with Crippen LogP contribution in [-0.2, 0) is 6.54 Å². The zero-order valence-corrected chi connectivity index (χ0v) is 19.5. The smallest absolute Gasteiger partial charge is 0.204 e. The molecule has 4 aromatic rings. The van der Waals surface area contributed by atoms with E-state index in [0.717, 1.165) is 35.8 Å². The Labute approximate surface area is 196 Å². The molecule has 5 rings (SSSR count). The van der Waals surface area contributed by atoms with Crippen LogP contribution in [0.4, 0.5) is 0 Å². The summed E-state index contributed by atoms with van der Waals surface area (Å²) in [7, 11) is 0. The molecule has 2 aromatic carbocycles. The molecule has 170 valence electrons. The molecule has 33 heavy (non-hydrogen) atoms. The van der Waals surface area contributed by atoms with Crippen molar-refractivity contribution < 1.29 is 5.11 Å². The van der Waals surface area contributed by atoms with Crippen LogP contribution in [0, 0.1) is 0 Å². The molecule has 3 atom stereocenters. The Bertz CT molecular complexity index is 1160. The molecule has 2 aromatic heterocycles. The highest BCUT2D eigenvalue weighted by atomic mass is 32.1. The maximum atomic E-state index is 10.2. The van der Waals surface area contributed by atoms with Crippen molar-refractivity contribution in [2.75, 3.05) is 13.1 Å². The molecular formula is C24H27N7OS. The number of nitrogens with zero attached hydrogens (tertiary/aromatic N) is 6. The van der Waals surface area contributed by atoms with Gasteiger partial charge in [-0.05, 0) is 42.3 Å². The molecule has 0 saturated carbocycles. The Morgan fingerprint density at radius 2 is 1.94 bits per heavy atom. The van der Waals surface area contributed by atoms with Gasteiger partial charge in [-0.1, -0.05) is 36.4 Å². The predicted octanol–water partition coefficient (Wildman–Crippen LogP) is 3.71. The molecule has 3 heterocycles. The monoisotopic (exact) mass is 461 g/mol. The lowest BCUT2D eigenvalue weighted by Crippen LogP contribution is -2.56. The van der Waals surface area contributed by atoms with Gasteiger partial charge in [-0.3, -0.25) is 9.80 Å². The van der Waals surface area contributed by atoms with Gasteiger partial charge in [0, 0.05) is 42.3 Å². The number of H-pyrrole nitrogens is 1. The van der Waals surface area contributed by atoms with Crippen LogP contribution in [0.3, 0.4) is 0 Å². The molecule has 2 N–H and O–H groups in total. The van der Waals surface area contributed by atoms with Crippen molar-refractivity contribution >= 4 is 11.3 Å². The second-order valence-corrected chi connectivity index (χ2v) is 9.58. The molecule has 8 nitrogen and oxygen atoms in total. The Morgan fingerprint density at radius 3 is 2.64 bits per heavy atom. The van der Waals surface area contributed by atoms with Crippen molar-refractivity contribution in [1.29, 1.82) is 0 Å². The number of aromatic nitrogens is 5. The molecule has 0 bridgehead atoms. The number of thiazole rings is 1. The van der Waals surface area contributed by atoms with Crippen LogP contribution >= 0.6 is 11.3 Å². The summed E-state index contributed by atoms with van der Waals surface area (Å²) in [5.41, 5.74) is 3.16. The van der Waals surface area contributed by atoms with Gasteiger partial charge in [0.05, 0.1) is 12.6 Å². The van der Waals surface area contributed by atoms with Gasteiger partial charge < -0.3 is 5.11 Å². The van der Waals surface area contributed by atoms with Crippen LogP contribution in [0.2, 0.25) is 0 Å². The van der Waals surface area contributed by atoms with Crippen LogP contribution in [-0.4, -0.2) is 65.7 Å². The highest BCUT2D eigenvalue weighted by molar-refractivity contribution is 7.09. The maximum Gasteiger partial charge on any atom is 0.204 e. The number of aromatic hydroxyl groups is 1. The fourth-order valence-electron chi connectivity index (χ4n) is 4.68. The van der Waals surface area contributed by atoms with Gasteiger partial charge in [-0.15, -0.1) is 21.5 Å². The average molecular weight is 462 g/mol. The molecule has 1 aliphatic heterocycles. The van der Waals surface area contributed by atoms with E-state index >= 15 is 0 Å². The van der Waals surface area contributed by atoms with Crippen molar-refractivity contribution in [3.05, 3.63) is 76.2 Å². The Morgan fingerprint density at radius 1 is 1.09 bits per heavy atom. The fraction of sp³-hybridized carbons (Fsp3) is 0.333. The highest BCUT2D eigenvalue weighted by Crippen LogP contribution is 2.35. The standard InChI is InChI=1S/C24H27N7OS/c1-16-14-31(17(2)13-30(16)15-22-25-10-11-33-22)23(20-4-3-5-21(32)12-20)18-6-8-19(9-7-18)24-26-28-29-27-24/h3-12,16-17,23,32H,13-15H2,1-2H3,(H,26,27,28,29)/t16-,17+,23-/m1/s1. The number of phenolic OH excluding ortho intramolecular Hbond substituents is 1. The number of tetrazole rings is 1. The third kappa shape index (κ3) is 4.66. The van der Waals surface area contributed by atoms with Gasteiger partial charge >= 0.3 is 0 Å². The molecule has 1 aliphatic rings. The lowest BCUT2D eigenvalue weighted by atomic mass is 9.92. The zero-order chi connectivity index (χ0) is 22.8. The van der Waals surface area contributed by atoms with E-state index < -0.39 is 0 Å². The van der Waals surface area contributed by atoms with Gasteiger partial charge in [0.15, 0.2) is 0 Å². The summed E-state index contributed by atoms with van der Waals surface area (Å²) >= 11 is 1.71. The maximum absolute atomic E-state index is 10.2. The minimum Gasteiger partial charge on any atom is -0.508 e. The van der Waals surface area contributed by atoms with E-state index in [2.05, 4.69) is 67.5 Å². The first-order chi connectivity index (χ1) is 16.1. The van der Waals surface area contributed by atoms with E-state index in [4.69, 9.17) is 0 Å². The zero-order valence-electron chi connectivity index (χ0n) is 18.7. The molecule has 9 heteroatoms. The summed E-state index contributed by atoms with van der Waals surface area (Å²) in [6.07, 6.45) is 1.88. The normalized spacial score (nSPS) is 20.7. The minimum absolute atomic E-state index is 0.0240. The minimum atomic E-state index is 0.0240. The number of nitrogens with one attached hydrogen (secondary N) is 1. The van der Waals surface area contributed by atoms with Gasteiger partial charge in [0.1, 0.15) is 10.8 Å². The van der Waals surface area contributed by atoms with E-state index in [0.29, 0.717) is 17.9 Å². The van der Waals surface area contributed by atoms with Crippen LogP contribution in [0.15, 0.2) is 60.1 Å². The predicted molar refractivity (Wildman–Crippen MR) is 128 cm³/mol. The van der Waals surface area contributed by atoms with Crippen molar-refractivity contribution in [3.63, 3.8) is 0 Å². The number of rotatable bonds is 6. The van der Waals surface area contributed by atoms with Crippen LogP contribution in [0.25, 0.3) is 11.4 Å². The van der Waals surface area contributed by atoms with Gasteiger partial charge in [-0.2, -0.15) is 5.21 Å². The number of benzene rings is 2. The summed E-state index contributed by atoms with van der Waals surface area (Å²) in [6.45, 7) is 7.32. The number of hydrogen-bond donors (Lipinski definition) is 2. The van der Waals surface area contributed by atoms with Gasteiger partial charge in [0.2, 0.25) is 5.82 Å². The second-order valence-electron chi connectivity index (χ2n) is 8.61. The third-order valence-corrected chi connectivity index (χ3v) is 7.10. The number of phenols is 1. The summed E-state index contributed by atoms with van der Waals surface area (Å²) in [6, 6.07) is 16.6. The molecule has 0 aliphatic carbocycles. The number of piperazine rings is 1. The Balaban J connectivity index is 1.45. The summed E-state index contributed by atoms with van der Waals surface area (Å²) in [4.78, 5) is 9.53. The molecule has 1 saturated heterocycles. The molecule has 1 fully saturated rings. The van der Waals surface area contributed by atoms with Crippen molar-refractivity contribution in [2.24, 2.45) is 0 Å². The van der Waals surface area contributed by atoms with Crippen LogP contribution in [0.5, 0.6) is 5.75 Å². The fourth-order valence-corrected chi connectivity index (χ4v) is 5.32. The van der Waals surface area contributed by atoms with E-state index in [1.807, 2.05) is 35.8 Å². The van der Waals surface area contributed by atoms with Crippen LogP contribution in [0.1, 0.15) is 36.0 Å². The lowest BCUT2D eigenvalue weighted by Gasteiger charge is -2.47. The first-order valence-electron chi connectivity index (χ1n) is 11.1.